The van der Waals surface area contributed by atoms with E-state index in [1.807, 2.05) is 19.9 Å². The Morgan fingerprint density at radius 3 is 2.31 bits per heavy atom. The number of Topliss-reactive ketones (excluding diaryl/α,β-unsaturated/α-hetero) is 1. The highest BCUT2D eigenvalue weighted by molar-refractivity contribution is 5.98. The van der Waals surface area contributed by atoms with Crippen molar-refractivity contribution in [3.63, 3.8) is 0 Å². The summed E-state index contributed by atoms with van der Waals surface area (Å²) in [5.74, 6) is -4.98. The number of methoxy groups -OCH3 is 1. The van der Waals surface area contributed by atoms with Crippen molar-refractivity contribution in [2.24, 2.45) is 23.2 Å². The zero-order valence-electron chi connectivity index (χ0n) is 24.2. The van der Waals surface area contributed by atoms with E-state index < -0.39 is 82.8 Å². The summed E-state index contributed by atoms with van der Waals surface area (Å²) in [5, 5.41) is 0. The van der Waals surface area contributed by atoms with Gasteiger partial charge in [0, 0.05) is 38.5 Å². The number of fused-ring (bicyclic) bond motifs is 2. The molecule has 1 saturated carbocycles. The van der Waals surface area contributed by atoms with Crippen molar-refractivity contribution in [1.82, 2.24) is 0 Å². The van der Waals surface area contributed by atoms with E-state index in [2.05, 4.69) is 0 Å². The number of allylic oxidation sites excluding steroid dienone is 1. The monoisotopic (exact) mass is 550 g/mol. The first-order valence-electron chi connectivity index (χ1n) is 13.7. The van der Waals surface area contributed by atoms with E-state index in [9.17, 15) is 24.0 Å². The average Bonchev–Trinajstić information content (AvgIpc) is 3.57. The molecule has 1 saturated heterocycles. The molecule has 0 amide bonds. The third-order valence-electron chi connectivity index (χ3n) is 8.76. The van der Waals surface area contributed by atoms with Crippen LogP contribution in [0, 0.1) is 23.2 Å². The van der Waals surface area contributed by atoms with Crippen LogP contribution in [0.25, 0.3) is 0 Å². The highest BCUT2D eigenvalue weighted by Crippen LogP contribution is 2.57. The van der Waals surface area contributed by atoms with Gasteiger partial charge in [0.15, 0.2) is 11.4 Å². The van der Waals surface area contributed by atoms with E-state index >= 15 is 0 Å². The van der Waals surface area contributed by atoms with Crippen molar-refractivity contribution < 1.29 is 47.7 Å². The van der Waals surface area contributed by atoms with E-state index in [1.54, 1.807) is 20.8 Å². The fourth-order valence-electron chi connectivity index (χ4n) is 6.64. The number of carbonyl (C=O) groups is 5. The molecule has 0 aromatic rings. The molecule has 1 aliphatic heterocycles. The first-order chi connectivity index (χ1) is 18.2. The van der Waals surface area contributed by atoms with Crippen LogP contribution < -0.4 is 0 Å². The van der Waals surface area contributed by atoms with E-state index in [4.69, 9.17) is 23.7 Å². The van der Waals surface area contributed by atoms with Gasteiger partial charge in [0.2, 0.25) is 0 Å². The Morgan fingerprint density at radius 1 is 1.10 bits per heavy atom. The lowest BCUT2D eigenvalue weighted by atomic mass is 9.53. The van der Waals surface area contributed by atoms with Crippen LogP contribution >= 0.6 is 0 Å². The third kappa shape index (κ3) is 5.76. The fourth-order valence-corrected chi connectivity index (χ4v) is 6.64. The number of hydrogen-bond acceptors (Lipinski definition) is 10. The maximum absolute atomic E-state index is 14.8. The topological polar surface area (TPSA) is 135 Å². The molecule has 2 fully saturated rings. The Kier molecular flexibility index (Phi) is 9.30. The number of ketones is 1. The van der Waals surface area contributed by atoms with E-state index in [1.165, 1.54) is 21.0 Å². The van der Waals surface area contributed by atoms with Crippen LogP contribution in [0.4, 0.5) is 0 Å². The Hall–Kier alpha value is -2.75. The van der Waals surface area contributed by atoms with Crippen molar-refractivity contribution in [3.8, 4) is 0 Å². The van der Waals surface area contributed by atoms with Crippen molar-refractivity contribution in [2.75, 3.05) is 7.11 Å². The lowest BCUT2D eigenvalue weighted by Crippen LogP contribution is -2.64. The van der Waals surface area contributed by atoms with E-state index in [0.717, 1.165) is 5.57 Å². The van der Waals surface area contributed by atoms with Crippen LogP contribution in [0.3, 0.4) is 0 Å². The van der Waals surface area contributed by atoms with Gasteiger partial charge in [-0.3, -0.25) is 24.0 Å². The minimum atomic E-state index is -1.53. The maximum Gasteiger partial charge on any atom is 0.311 e. The summed E-state index contributed by atoms with van der Waals surface area (Å²) in [6.45, 7) is 11.5. The SMILES string of the molecule is CCCC(=O)O[C@@H]1CC/C(C)=C\[C@H]2O[C@]2([C@@H](C)C(=O)OC)C(=O)[C@H]2[C@H](C)[C@H](OC(C)=O)C[C@H](OC(C)=O)[C@]12C. The highest BCUT2D eigenvalue weighted by Gasteiger charge is 2.72. The maximum atomic E-state index is 14.8. The van der Waals surface area contributed by atoms with Gasteiger partial charge in [0.05, 0.1) is 18.4 Å². The zero-order valence-corrected chi connectivity index (χ0v) is 24.2. The molecule has 0 N–H and O–H groups in total. The Bertz CT molecular complexity index is 1030. The molecule has 0 spiro atoms. The second-order valence-corrected chi connectivity index (χ2v) is 11.4. The highest BCUT2D eigenvalue weighted by atomic mass is 16.6. The first kappa shape index (κ1) is 30.8. The molecule has 0 aromatic heterocycles. The molecule has 1 heterocycles. The van der Waals surface area contributed by atoms with Crippen molar-refractivity contribution in [3.05, 3.63) is 11.6 Å². The molecule has 218 valence electrons. The number of epoxide rings is 1. The molecule has 0 bridgehead atoms. The summed E-state index contributed by atoms with van der Waals surface area (Å²) in [7, 11) is 1.25. The van der Waals surface area contributed by atoms with Gasteiger partial charge in [0.25, 0.3) is 0 Å². The summed E-state index contributed by atoms with van der Waals surface area (Å²) in [6.07, 6.45) is 0.502. The summed E-state index contributed by atoms with van der Waals surface area (Å²) in [6, 6.07) is 0. The van der Waals surface area contributed by atoms with Crippen LogP contribution in [-0.4, -0.2) is 66.8 Å². The lowest BCUT2D eigenvalue weighted by molar-refractivity contribution is -0.212. The normalized spacial score (nSPS) is 38.1. The van der Waals surface area contributed by atoms with E-state index in [0.29, 0.717) is 19.3 Å². The van der Waals surface area contributed by atoms with Crippen LogP contribution in [0.15, 0.2) is 11.6 Å². The van der Waals surface area contributed by atoms with Gasteiger partial charge in [0.1, 0.15) is 24.4 Å². The van der Waals surface area contributed by atoms with Crippen molar-refractivity contribution >= 4 is 29.7 Å². The minimum Gasteiger partial charge on any atom is -0.469 e. The molecule has 10 nitrogen and oxygen atoms in total. The third-order valence-corrected chi connectivity index (χ3v) is 8.76. The quantitative estimate of drug-likeness (QED) is 0.201. The molecule has 0 radical (unpaired) electrons. The first-order valence-corrected chi connectivity index (χ1v) is 13.7. The lowest BCUT2D eigenvalue weighted by Gasteiger charge is -2.54. The van der Waals surface area contributed by atoms with Crippen LogP contribution in [-0.2, 0) is 47.7 Å². The summed E-state index contributed by atoms with van der Waals surface area (Å²) in [5.41, 5.74) is -1.82. The minimum absolute atomic E-state index is 0.126. The van der Waals surface area contributed by atoms with Crippen LogP contribution in [0.2, 0.25) is 0 Å². The molecule has 2 aliphatic carbocycles. The van der Waals surface area contributed by atoms with Gasteiger partial charge in [-0.25, -0.2) is 0 Å². The summed E-state index contributed by atoms with van der Waals surface area (Å²) < 4.78 is 28.6. The second-order valence-electron chi connectivity index (χ2n) is 11.4. The number of rotatable bonds is 7. The Balaban J connectivity index is 2.26. The largest absolute Gasteiger partial charge is 0.469 e. The number of carbonyl (C=O) groups excluding carboxylic acids is 5. The molecule has 3 rings (SSSR count). The van der Waals surface area contributed by atoms with Crippen molar-refractivity contribution in [2.45, 2.75) is 111 Å². The molecule has 39 heavy (non-hydrogen) atoms. The molecule has 10 heteroatoms. The standard InChI is InChI=1S/C29H42O10/c1-9-10-24(32)38-21-12-11-15(2)13-23-29(39-23,17(4)27(34)35-8)26(33)25-16(3)20(36-18(5)30)14-22(28(21,25)7)37-19(6)31/h13,16-17,20-23,25H,9-12,14H2,1-8H3/b15-13-/t16-,17+,20-,21-,22+,23-,25-,28+,29+/m1/s1. The second kappa shape index (κ2) is 11.8. The Labute approximate surface area is 230 Å². The molecular formula is C29H42O10. The predicted molar refractivity (Wildman–Crippen MR) is 138 cm³/mol. The van der Waals surface area contributed by atoms with E-state index in [-0.39, 0.29) is 12.8 Å². The average molecular weight is 551 g/mol. The number of ether oxygens (including phenoxy) is 5. The van der Waals surface area contributed by atoms with Crippen LogP contribution in [0.5, 0.6) is 0 Å². The predicted octanol–water partition coefficient (Wildman–Crippen LogP) is 3.48. The van der Waals surface area contributed by atoms with Gasteiger partial charge >= 0.3 is 23.9 Å². The summed E-state index contributed by atoms with van der Waals surface area (Å²) in [4.78, 5) is 64.8. The van der Waals surface area contributed by atoms with Crippen molar-refractivity contribution in [1.29, 1.82) is 0 Å². The smallest absolute Gasteiger partial charge is 0.311 e. The Morgan fingerprint density at radius 2 is 1.74 bits per heavy atom. The van der Waals surface area contributed by atoms with Gasteiger partial charge in [-0.15, -0.1) is 0 Å². The molecule has 9 atom stereocenters. The molecule has 0 unspecified atom stereocenters. The number of hydrogen-bond donors (Lipinski definition) is 0. The van der Waals surface area contributed by atoms with Gasteiger partial charge in [-0.2, -0.15) is 0 Å². The zero-order chi connectivity index (χ0) is 29.3. The fraction of sp³-hybridized carbons (Fsp3) is 0.759. The van der Waals surface area contributed by atoms with Gasteiger partial charge in [-0.1, -0.05) is 32.4 Å². The van der Waals surface area contributed by atoms with Crippen LogP contribution in [0.1, 0.15) is 80.6 Å². The van der Waals surface area contributed by atoms with Gasteiger partial charge in [-0.05, 0) is 33.1 Å². The molecular weight excluding hydrogens is 508 g/mol. The summed E-state index contributed by atoms with van der Waals surface area (Å²) >= 11 is 0. The number of esters is 4. The van der Waals surface area contributed by atoms with Gasteiger partial charge < -0.3 is 23.7 Å². The molecule has 0 aromatic carbocycles. The molecule has 3 aliphatic rings.